The molecule has 0 N–H and O–H groups in total. The standard InChI is InChI=1S/C23H30N4O/c1-2-20-24-22-26(21(28)17-11-5-3-6-12-17)19-14-8-7-13-18(19)23(27(22)25-20)15-9-4-10-16-23/h3,5-6,11-12,18-19H,2,4,7-10,13-16H2,1H3/t18-,19+/m1/s1. The quantitative estimate of drug-likeness (QED) is 0.760. The molecule has 1 aromatic heterocycles. The number of aryl methyl sites for hydroxylation is 1. The van der Waals surface area contributed by atoms with Crippen molar-refractivity contribution in [3.63, 3.8) is 0 Å². The van der Waals surface area contributed by atoms with Crippen molar-refractivity contribution >= 4 is 11.9 Å². The Morgan fingerprint density at radius 2 is 1.82 bits per heavy atom. The molecular weight excluding hydrogens is 348 g/mol. The van der Waals surface area contributed by atoms with Gasteiger partial charge in [-0.25, -0.2) is 4.68 Å². The Hall–Kier alpha value is -2.17. The van der Waals surface area contributed by atoms with Crippen molar-refractivity contribution in [1.29, 1.82) is 0 Å². The molecule has 5 nitrogen and oxygen atoms in total. The van der Waals surface area contributed by atoms with Crippen LogP contribution < -0.4 is 4.90 Å². The average Bonchev–Trinajstić information content (AvgIpc) is 3.20. The Morgan fingerprint density at radius 3 is 2.57 bits per heavy atom. The maximum Gasteiger partial charge on any atom is 0.260 e. The summed E-state index contributed by atoms with van der Waals surface area (Å²) in [5.41, 5.74) is 0.811. The van der Waals surface area contributed by atoms with Gasteiger partial charge in [0.05, 0.1) is 5.54 Å². The average molecular weight is 379 g/mol. The molecule has 0 saturated heterocycles. The van der Waals surface area contributed by atoms with Gasteiger partial charge in [0.2, 0.25) is 5.95 Å². The minimum atomic E-state index is 0.0621. The molecule has 3 aliphatic rings. The number of hydrogen-bond acceptors (Lipinski definition) is 3. The van der Waals surface area contributed by atoms with Gasteiger partial charge < -0.3 is 0 Å². The molecule has 2 heterocycles. The monoisotopic (exact) mass is 378 g/mol. The fraction of sp³-hybridized carbons (Fsp3) is 0.609. The van der Waals surface area contributed by atoms with Crippen LogP contribution in [0.1, 0.15) is 80.9 Å². The van der Waals surface area contributed by atoms with Crippen LogP contribution in [-0.2, 0) is 12.0 Å². The lowest BCUT2D eigenvalue weighted by atomic mass is 9.64. The third kappa shape index (κ3) is 2.62. The molecule has 148 valence electrons. The molecule has 0 bridgehead atoms. The van der Waals surface area contributed by atoms with E-state index in [1.807, 2.05) is 35.2 Å². The van der Waals surface area contributed by atoms with Gasteiger partial charge in [0.25, 0.3) is 5.91 Å². The minimum Gasteiger partial charge on any atom is -0.273 e. The van der Waals surface area contributed by atoms with E-state index in [9.17, 15) is 4.79 Å². The largest absolute Gasteiger partial charge is 0.273 e. The summed E-state index contributed by atoms with van der Waals surface area (Å²) in [5, 5.41) is 4.98. The highest BCUT2D eigenvalue weighted by Crippen LogP contribution is 2.52. The van der Waals surface area contributed by atoms with Crippen LogP contribution in [0.5, 0.6) is 0 Å². The van der Waals surface area contributed by atoms with Gasteiger partial charge in [-0.3, -0.25) is 9.69 Å². The smallest absolute Gasteiger partial charge is 0.260 e. The van der Waals surface area contributed by atoms with Crippen molar-refractivity contribution < 1.29 is 4.79 Å². The van der Waals surface area contributed by atoms with Crippen LogP contribution in [0.25, 0.3) is 0 Å². The zero-order valence-electron chi connectivity index (χ0n) is 16.8. The lowest BCUT2D eigenvalue weighted by molar-refractivity contribution is 0.0311. The first-order valence-electron chi connectivity index (χ1n) is 11.1. The maximum atomic E-state index is 13.6. The summed E-state index contributed by atoms with van der Waals surface area (Å²) >= 11 is 0. The van der Waals surface area contributed by atoms with Crippen molar-refractivity contribution in [3.05, 3.63) is 41.7 Å². The number of aromatic nitrogens is 3. The van der Waals surface area contributed by atoms with Gasteiger partial charge >= 0.3 is 0 Å². The Morgan fingerprint density at radius 1 is 1.07 bits per heavy atom. The number of hydrogen-bond donors (Lipinski definition) is 0. The van der Waals surface area contributed by atoms with Crippen molar-refractivity contribution in [2.75, 3.05) is 4.90 Å². The summed E-state index contributed by atoms with van der Waals surface area (Å²) in [6.45, 7) is 2.10. The fourth-order valence-electron chi connectivity index (χ4n) is 6.01. The highest BCUT2D eigenvalue weighted by atomic mass is 16.2. The minimum absolute atomic E-state index is 0.0621. The van der Waals surface area contributed by atoms with E-state index in [4.69, 9.17) is 10.1 Å². The first kappa shape index (κ1) is 17.9. The summed E-state index contributed by atoms with van der Waals surface area (Å²) in [6.07, 6.45) is 11.7. The Balaban J connectivity index is 1.67. The van der Waals surface area contributed by atoms with Gasteiger partial charge in [0, 0.05) is 23.9 Å². The number of nitrogens with zero attached hydrogens (tertiary/aromatic N) is 4. The molecule has 2 saturated carbocycles. The molecule has 0 unspecified atom stereocenters. The Bertz CT molecular complexity index is 853. The fourth-order valence-corrected chi connectivity index (χ4v) is 6.01. The molecule has 1 aromatic carbocycles. The lowest BCUT2D eigenvalue weighted by Crippen LogP contribution is -2.61. The first-order valence-corrected chi connectivity index (χ1v) is 11.1. The lowest BCUT2D eigenvalue weighted by Gasteiger charge is -2.55. The van der Waals surface area contributed by atoms with Crippen LogP contribution in [0.4, 0.5) is 5.95 Å². The molecule has 5 rings (SSSR count). The molecule has 5 heteroatoms. The highest BCUT2D eigenvalue weighted by molar-refractivity contribution is 6.05. The number of fused-ring (bicyclic) bond motifs is 4. The SMILES string of the molecule is CCc1nc2n(n1)C1(CCCCC1)[C@@H]1CCCC[C@@H]1N2C(=O)c1ccccc1. The predicted molar refractivity (Wildman–Crippen MR) is 109 cm³/mol. The molecule has 2 fully saturated rings. The van der Waals surface area contributed by atoms with Gasteiger partial charge in [-0.05, 0) is 37.8 Å². The topological polar surface area (TPSA) is 51.0 Å². The van der Waals surface area contributed by atoms with E-state index in [0.29, 0.717) is 5.92 Å². The highest BCUT2D eigenvalue weighted by Gasteiger charge is 2.55. The van der Waals surface area contributed by atoms with E-state index < -0.39 is 0 Å². The molecule has 28 heavy (non-hydrogen) atoms. The van der Waals surface area contributed by atoms with Gasteiger partial charge in [0.1, 0.15) is 0 Å². The second-order valence-corrected chi connectivity index (χ2v) is 8.76. The molecule has 0 radical (unpaired) electrons. The number of rotatable bonds is 2. The molecule has 2 aromatic rings. The summed E-state index contributed by atoms with van der Waals surface area (Å²) in [7, 11) is 0. The van der Waals surface area contributed by atoms with Crippen molar-refractivity contribution in [2.24, 2.45) is 5.92 Å². The number of carbonyl (C=O) groups excluding carboxylic acids is 1. The molecular formula is C23H30N4O. The zero-order chi connectivity index (χ0) is 19.1. The van der Waals surface area contributed by atoms with E-state index in [2.05, 4.69) is 11.6 Å². The van der Waals surface area contributed by atoms with Crippen LogP contribution in [0.2, 0.25) is 0 Å². The summed E-state index contributed by atoms with van der Waals surface area (Å²) in [4.78, 5) is 20.5. The second kappa shape index (κ2) is 7.02. The predicted octanol–water partition coefficient (Wildman–Crippen LogP) is 4.72. The Kier molecular flexibility index (Phi) is 4.48. The molecule has 1 amide bonds. The van der Waals surface area contributed by atoms with Crippen molar-refractivity contribution in [1.82, 2.24) is 14.8 Å². The van der Waals surface area contributed by atoms with E-state index >= 15 is 0 Å². The van der Waals surface area contributed by atoms with Crippen LogP contribution in [0.3, 0.4) is 0 Å². The molecule has 1 aliphatic heterocycles. The van der Waals surface area contributed by atoms with E-state index in [-0.39, 0.29) is 17.5 Å². The third-order valence-corrected chi connectivity index (χ3v) is 7.30. The van der Waals surface area contributed by atoms with Gasteiger partial charge in [-0.2, -0.15) is 10.1 Å². The van der Waals surface area contributed by atoms with E-state index in [1.54, 1.807) is 0 Å². The van der Waals surface area contributed by atoms with E-state index in [0.717, 1.165) is 30.2 Å². The third-order valence-electron chi connectivity index (χ3n) is 7.30. The maximum absolute atomic E-state index is 13.6. The van der Waals surface area contributed by atoms with Gasteiger partial charge in [-0.1, -0.05) is 57.2 Å². The van der Waals surface area contributed by atoms with E-state index in [1.165, 1.54) is 51.4 Å². The number of benzene rings is 1. The summed E-state index contributed by atoms with van der Waals surface area (Å²) in [5.74, 6) is 2.24. The zero-order valence-corrected chi connectivity index (χ0v) is 16.8. The van der Waals surface area contributed by atoms with Crippen LogP contribution in [0, 0.1) is 5.92 Å². The van der Waals surface area contributed by atoms with Crippen LogP contribution in [-0.4, -0.2) is 26.7 Å². The first-order chi connectivity index (χ1) is 13.7. The van der Waals surface area contributed by atoms with Crippen molar-refractivity contribution in [3.8, 4) is 0 Å². The van der Waals surface area contributed by atoms with Gasteiger partial charge in [-0.15, -0.1) is 0 Å². The van der Waals surface area contributed by atoms with Crippen LogP contribution >= 0.6 is 0 Å². The van der Waals surface area contributed by atoms with Crippen LogP contribution in [0.15, 0.2) is 30.3 Å². The summed E-state index contributed by atoms with van der Waals surface area (Å²) in [6, 6.07) is 9.95. The van der Waals surface area contributed by atoms with Crippen molar-refractivity contribution in [2.45, 2.75) is 82.7 Å². The number of anilines is 1. The number of amides is 1. The molecule has 2 aliphatic carbocycles. The Labute approximate surface area is 167 Å². The molecule has 1 spiro atoms. The number of carbonyl (C=O) groups is 1. The normalized spacial score (nSPS) is 26.0. The second-order valence-electron chi connectivity index (χ2n) is 8.76. The molecule has 2 atom stereocenters. The summed E-state index contributed by atoms with van der Waals surface area (Å²) < 4.78 is 2.21. The van der Waals surface area contributed by atoms with Gasteiger partial charge in [0.15, 0.2) is 5.82 Å².